The van der Waals surface area contributed by atoms with Crippen LogP contribution >= 0.6 is 0 Å². The van der Waals surface area contributed by atoms with E-state index < -0.39 is 6.04 Å². The number of rotatable bonds is 4. The fraction of sp³-hybridized carbons (Fsp3) is 0.615. The van der Waals surface area contributed by atoms with E-state index in [-0.39, 0.29) is 12.6 Å². The SMILES string of the molecule is CCOc1cc(C)nc(N2CCOCC2C(=O)OC)n1. The number of hydrogen-bond donors (Lipinski definition) is 0. The maximum atomic E-state index is 11.8. The van der Waals surface area contributed by atoms with Crippen molar-refractivity contribution in [2.24, 2.45) is 0 Å². The molecular formula is C13H19N3O4. The Balaban J connectivity index is 2.29. The number of methoxy groups -OCH3 is 1. The molecule has 1 fully saturated rings. The van der Waals surface area contributed by atoms with E-state index in [1.165, 1.54) is 7.11 Å². The van der Waals surface area contributed by atoms with Crippen LogP contribution in [0.3, 0.4) is 0 Å². The first-order chi connectivity index (χ1) is 9.65. The van der Waals surface area contributed by atoms with Crippen LogP contribution in [0, 0.1) is 6.92 Å². The number of ether oxygens (including phenoxy) is 3. The summed E-state index contributed by atoms with van der Waals surface area (Å²) in [6.07, 6.45) is 0. The first kappa shape index (κ1) is 14.5. The normalized spacial score (nSPS) is 18.8. The summed E-state index contributed by atoms with van der Waals surface area (Å²) in [4.78, 5) is 22.3. The van der Waals surface area contributed by atoms with Gasteiger partial charge in [-0.05, 0) is 13.8 Å². The zero-order chi connectivity index (χ0) is 14.5. The molecule has 0 N–H and O–H groups in total. The van der Waals surface area contributed by atoms with Gasteiger partial charge in [-0.2, -0.15) is 4.98 Å². The molecular weight excluding hydrogens is 262 g/mol. The van der Waals surface area contributed by atoms with E-state index >= 15 is 0 Å². The number of aryl methyl sites for hydroxylation is 1. The van der Waals surface area contributed by atoms with Crippen molar-refractivity contribution in [3.05, 3.63) is 11.8 Å². The van der Waals surface area contributed by atoms with Crippen LogP contribution in [0.4, 0.5) is 5.95 Å². The molecule has 20 heavy (non-hydrogen) atoms. The number of anilines is 1. The molecule has 1 aromatic rings. The Morgan fingerprint density at radius 2 is 2.35 bits per heavy atom. The molecule has 0 saturated carbocycles. The molecule has 0 aliphatic carbocycles. The van der Waals surface area contributed by atoms with Crippen molar-refractivity contribution in [2.45, 2.75) is 19.9 Å². The second-order valence-electron chi connectivity index (χ2n) is 4.39. The molecule has 0 bridgehead atoms. The molecule has 110 valence electrons. The van der Waals surface area contributed by atoms with Crippen LogP contribution in [0.2, 0.25) is 0 Å². The molecule has 1 saturated heterocycles. The van der Waals surface area contributed by atoms with Crippen LogP contribution in [0.5, 0.6) is 5.88 Å². The summed E-state index contributed by atoms with van der Waals surface area (Å²) >= 11 is 0. The lowest BCUT2D eigenvalue weighted by atomic mass is 10.2. The summed E-state index contributed by atoms with van der Waals surface area (Å²) < 4.78 is 15.6. The molecule has 2 rings (SSSR count). The third kappa shape index (κ3) is 3.16. The first-order valence-electron chi connectivity index (χ1n) is 6.56. The van der Waals surface area contributed by atoms with E-state index in [0.29, 0.717) is 31.6 Å². The Kier molecular flexibility index (Phi) is 4.73. The van der Waals surface area contributed by atoms with Crippen LogP contribution in [0.15, 0.2) is 6.07 Å². The van der Waals surface area contributed by atoms with Crippen molar-refractivity contribution in [1.82, 2.24) is 9.97 Å². The summed E-state index contributed by atoms with van der Waals surface area (Å²) in [5.41, 5.74) is 0.786. The molecule has 0 amide bonds. The lowest BCUT2D eigenvalue weighted by Gasteiger charge is -2.33. The molecule has 1 aliphatic rings. The minimum absolute atomic E-state index is 0.272. The highest BCUT2D eigenvalue weighted by molar-refractivity contribution is 5.79. The quantitative estimate of drug-likeness (QED) is 0.747. The first-order valence-corrected chi connectivity index (χ1v) is 6.56. The molecule has 1 unspecified atom stereocenters. The van der Waals surface area contributed by atoms with E-state index in [9.17, 15) is 4.79 Å². The zero-order valence-electron chi connectivity index (χ0n) is 12.0. The van der Waals surface area contributed by atoms with E-state index in [2.05, 4.69) is 9.97 Å². The van der Waals surface area contributed by atoms with Gasteiger partial charge in [0.25, 0.3) is 0 Å². The van der Waals surface area contributed by atoms with Gasteiger partial charge in [0.2, 0.25) is 11.8 Å². The largest absolute Gasteiger partial charge is 0.478 e. The minimum atomic E-state index is -0.523. The van der Waals surface area contributed by atoms with Gasteiger partial charge in [0, 0.05) is 18.3 Å². The third-order valence-corrected chi connectivity index (χ3v) is 2.97. The zero-order valence-corrected chi connectivity index (χ0v) is 12.0. The topological polar surface area (TPSA) is 73.8 Å². The van der Waals surface area contributed by atoms with Gasteiger partial charge in [-0.1, -0.05) is 0 Å². The second-order valence-corrected chi connectivity index (χ2v) is 4.39. The lowest BCUT2D eigenvalue weighted by molar-refractivity contribution is -0.144. The maximum absolute atomic E-state index is 11.8. The van der Waals surface area contributed by atoms with Gasteiger partial charge in [-0.15, -0.1) is 0 Å². The molecule has 7 nitrogen and oxygen atoms in total. The van der Waals surface area contributed by atoms with Crippen LogP contribution in [-0.4, -0.2) is 55.5 Å². The number of aromatic nitrogens is 2. The van der Waals surface area contributed by atoms with Gasteiger partial charge in [0.05, 0.1) is 26.9 Å². The van der Waals surface area contributed by atoms with Crippen LogP contribution in [0.25, 0.3) is 0 Å². The molecule has 0 radical (unpaired) electrons. The van der Waals surface area contributed by atoms with Crippen molar-refractivity contribution >= 4 is 11.9 Å². The highest BCUT2D eigenvalue weighted by Gasteiger charge is 2.32. The molecule has 0 aromatic carbocycles. The van der Waals surface area contributed by atoms with Crippen molar-refractivity contribution in [1.29, 1.82) is 0 Å². The lowest BCUT2D eigenvalue weighted by Crippen LogP contribution is -2.51. The maximum Gasteiger partial charge on any atom is 0.331 e. The standard InChI is InChI=1S/C13H19N3O4/c1-4-20-11-7-9(2)14-13(15-11)16-5-6-19-8-10(16)12(17)18-3/h7,10H,4-6,8H2,1-3H3. The second kappa shape index (κ2) is 6.51. The number of carbonyl (C=O) groups is 1. The molecule has 7 heteroatoms. The van der Waals surface area contributed by atoms with Crippen LogP contribution < -0.4 is 9.64 Å². The number of morpholine rings is 1. The molecule has 1 aliphatic heterocycles. The fourth-order valence-electron chi connectivity index (χ4n) is 2.05. The number of hydrogen-bond acceptors (Lipinski definition) is 7. The summed E-state index contributed by atoms with van der Waals surface area (Å²) in [6, 6.07) is 1.24. The van der Waals surface area contributed by atoms with E-state index in [1.807, 2.05) is 13.8 Å². The predicted molar refractivity (Wildman–Crippen MR) is 71.9 cm³/mol. The highest BCUT2D eigenvalue weighted by Crippen LogP contribution is 2.20. The number of esters is 1. The van der Waals surface area contributed by atoms with Crippen LogP contribution in [0.1, 0.15) is 12.6 Å². The van der Waals surface area contributed by atoms with Gasteiger partial charge >= 0.3 is 5.97 Å². The van der Waals surface area contributed by atoms with Gasteiger partial charge in [-0.3, -0.25) is 0 Å². The van der Waals surface area contributed by atoms with Gasteiger partial charge in [-0.25, -0.2) is 9.78 Å². The highest BCUT2D eigenvalue weighted by atomic mass is 16.5. The monoisotopic (exact) mass is 281 g/mol. The third-order valence-electron chi connectivity index (χ3n) is 2.97. The molecule has 1 aromatic heterocycles. The van der Waals surface area contributed by atoms with E-state index in [1.54, 1.807) is 11.0 Å². The summed E-state index contributed by atoms with van der Waals surface area (Å²) in [7, 11) is 1.36. The molecule has 1 atom stereocenters. The average Bonchev–Trinajstić information content (AvgIpc) is 2.46. The number of carbonyl (C=O) groups excluding carboxylic acids is 1. The van der Waals surface area contributed by atoms with Crippen molar-refractivity contribution < 1.29 is 19.0 Å². The predicted octanol–water partition coefficient (Wildman–Crippen LogP) is 0.562. The van der Waals surface area contributed by atoms with Gasteiger partial charge < -0.3 is 19.1 Å². The van der Waals surface area contributed by atoms with E-state index in [0.717, 1.165) is 5.69 Å². The Morgan fingerprint density at radius 1 is 1.55 bits per heavy atom. The van der Waals surface area contributed by atoms with Crippen molar-refractivity contribution in [3.63, 3.8) is 0 Å². The van der Waals surface area contributed by atoms with Crippen molar-refractivity contribution in [2.75, 3.05) is 38.4 Å². The Bertz CT molecular complexity index is 481. The fourth-order valence-corrected chi connectivity index (χ4v) is 2.05. The smallest absolute Gasteiger partial charge is 0.331 e. The Morgan fingerprint density at radius 3 is 3.05 bits per heavy atom. The molecule has 0 spiro atoms. The van der Waals surface area contributed by atoms with Gasteiger partial charge in [0.1, 0.15) is 0 Å². The summed E-state index contributed by atoms with van der Waals surface area (Å²) in [5, 5.41) is 0. The Hall–Kier alpha value is -1.89. The van der Waals surface area contributed by atoms with Crippen molar-refractivity contribution in [3.8, 4) is 5.88 Å². The average molecular weight is 281 g/mol. The molecule has 2 heterocycles. The van der Waals surface area contributed by atoms with Gasteiger partial charge in [0.15, 0.2) is 6.04 Å². The summed E-state index contributed by atoms with van der Waals surface area (Å²) in [5.74, 6) is 0.616. The summed E-state index contributed by atoms with van der Waals surface area (Å²) in [6.45, 7) is 5.61. The minimum Gasteiger partial charge on any atom is -0.478 e. The number of nitrogens with zero attached hydrogens (tertiary/aromatic N) is 3. The van der Waals surface area contributed by atoms with Crippen LogP contribution in [-0.2, 0) is 14.3 Å². The Labute approximate surface area is 117 Å². The van der Waals surface area contributed by atoms with E-state index in [4.69, 9.17) is 14.2 Å².